The van der Waals surface area contributed by atoms with Crippen molar-refractivity contribution in [1.29, 1.82) is 0 Å². The molecule has 188 valence electrons. The zero-order valence-corrected chi connectivity index (χ0v) is 15.1. The maximum absolute atomic E-state index is 13.4. The lowest BCUT2D eigenvalue weighted by atomic mass is 9.88. The van der Waals surface area contributed by atoms with Crippen molar-refractivity contribution in [2.24, 2.45) is 16.2 Å². The van der Waals surface area contributed by atoms with E-state index in [9.17, 15) is 74.6 Å². The second kappa shape index (κ2) is 7.47. The van der Waals surface area contributed by atoms with Crippen molar-refractivity contribution in [3.8, 4) is 0 Å². The molecule has 6 N–H and O–H groups in total. The van der Waals surface area contributed by atoms with Gasteiger partial charge in [0.2, 0.25) is 0 Å². The van der Waals surface area contributed by atoms with Gasteiger partial charge in [0.1, 0.15) is 0 Å². The van der Waals surface area contributed by atoms with Gasteiger partial charge in [-0.05, 0) is 6.04 Å². The molecule has 0 aliphatic carbocycles. The van der Waals surface area contributed by atoms with Crippen LogP contribution in [0.3, 0.4) is 0 Å². The highest BCUT2D eigenvalue weighted by Crippen LogP contribution is 2.64. The number of rotatable bonds is 9. The molecule has 3 nitrogen and oxygen atoms in total. The van der Waals surface area contributed by atoms with Crippen LogP contribution in [-0.2, 0) is 0 Å². The van der Waals surface area contributed by atoms with Crippen molar-refractivity contribution in [2.45, 2.75) is 60.1 Å². The van der Waals surface area contributed by atoms with Gasteiger partial charge in [-0.2, -0.15) is 74.6 Å². The van der Waals surface area contributed by atoms with E-state index in [-0.39, 0.29) is 0 Å². The average Bonchev–Trinajstić information content (AvgIpc) is 2.50. The Morgan fingerprint density at radius 3 is 0.935 bits per heavy atom. The van der Waals surface area contributed by atoms with Crippen molar-refractivity contribution >= 4 is 8.56 Å². The van der Waals surface area contributed by atoms with Gasteiger partial charge in [-0.25, -0.2) is 0 Å². The van der Waals surface area contributed by atoms with Gasteiger partial charge in [0.25, 0.3) is 8.56 Å². The Morgan fingerprint density at radius 1 is 0.419 bits per heavy atom. The van der Waals surface area contributed by atoms with Gasteiger partial charge in [0.15, 0.2) is 0 Å². The standard InChI is InChI=1S/C10H10F17N3Si/c11-3(12,1-2-31(28,29)30)4(13,14)5(15,16)6(17,18)7(19,20)8(21,22)9(23,24)10(25,26)27/h1-2,28-30H2. The Labute approximate surface area is 160 Å². The molecule has 0 aliphatic heterocycles. The number of hydrogen-bond donors (Lipinski definition) is 3. The molecule has 0 amide bonds. The van der Waals surface area contributed by atoms with Crippen LogP contribution in [0.1, 0.15) is 6.42 Å². The number of alkyl halides is 17. The molecule has 0 aromatic carbocycles. The van der Waals surface area contributed by atoms with Crippen LogP contribution in [-0.4, -0.2) is 56.2 Å². The number of hydrogen-bond acceptors (Lipinski definition) is 3. The summed E-state index contributed by atoms with van der Waals surface area (Å²) in [6.07, 6.45) is -10.5. The van der Waals surface area contributed by atoms with E-state index >= 15 is 0 Å². The molecule has 21 heteroatoms. The minimum atomic E-state index is -8.64. The summed E-state index contributed by atoms with van der Waals surface area (Å²) in [5, 5.41) is 14.3. The third-order valence-corrected chi connectivity index (χ3v) is 4.78. The lowest BCUT2D eigenvalue weighted by Crippen LogP contribution is -2.74. The molecule has 0 fully saturated rings. The van der Waals surface area contributed by atoms with Crippen LogP contribution >= 0.6 is 0 Å². The normalized spacial score (nSPS) is 16.6. The molecule has 31 heavy (non-hydrogen) atoms. The largest absolute Gasteiger partial charge is 0.460 e. The first-order valence-electron chi connectivity index (χ1n) is 7.04. The molecule has 0 rings (SSSR count). The lowest BCUT2D eigenvalue weighted by molar-refractivity contribution is -0.461. The van der Waals surface area contributed by atoms with E-state index in [1.54, 1.807) is 0 Å². The summed E-state index contributed by atoms with van der Waals surface area (Å²) < 4.78 is 220. The van der Waals surface area contributed by atoms with Gasteiger partial charge in [0.05, 0.1) is 0 Å². The van der Waals surface area contributed by atoms with Gasteiger partial charge in [-0.1, -0.05) is 0 Å². The third-order valence-electron chi connectivity index (χ3n) is 3.66. The molecule has 0 aromatic heterocycles. The maximum Gasteiger partial charge on any atom is 0.460 e. The second-order valence-electron chi connectivity index (χ2n) is 6.26. The summed E-state index contributed by atoms with van der Waals surface area (Å²) in [4.78, 5) is 0. The summed E-state index contributed by atoms with van der Waals surface area (Å²) in [5.41, 5.74) is 0. The zero-order valence-electron chi connectivity index (χ0n) is 14.1. The first-order chi connectivity index (χ1) is 13.0. The van der Waals surface area contributed by atoms with E-state index in [1.807, 2.05) is 0 Å². The van der Waals surface area contributed by atoms with Crippen LogP contribution in [0.4, 0.5) is 74.6 Å². The molecular weight excluding hydrogens is 513 g/mol. The van der Waals surface area contributed by atoms with E-state index in [0.717, 1.165) is 0 Å². The van der Waals surface area contributed by atoms with E-state index in [1.165, 1.54) is 0 Å². The van der Waals surface area contributed by atoms with Gasteiger partial charge < -0.3 is 16.2 Å². The smallest absolute Gasteiger partial charge is 0.327 e. The van der Waals surface area contributed by atoms with Crippen LogP contribution in [0.15, 0.2) is 0 Å². The molecule has 0 saturated carbocycles. The van der Waals surface area contributed by atoms with Crippen molar-refractivity contribution in [2.75, 3.05) is 0 Å². The summed E-state index contributed by atoms with van der Waals surface area (Å²) in [6.45, 7) is 0. The number of nitrogens with two attached hydrogens (primary N) is 3. The van der Waals surface area contributed by atoms with Crippen molar-refractivity contribution < 1.29 is 74.6 Å². The predicted molar refractivity (Wildman–Crippen MR) is 68.4 cm³/mol. The van der Waals surface area contributed by atoms with Gasteiger partial charge in [-0.3, -0.25) is 0 Å². The fourth-order valence-corrected chi connectivity index (χ4v) is 2.47. The fourth-order valence-electron chi connectivity index (χ4n) is 1.73. The summed E-state index contributed by atoms with van der Waals surface area (Å²) in [6, 6.07) is -1.67. The summed E-state index contributed by atoms with van der Waals surface area (Å²) >= 11 is 0. The van der Waals surface area contributed by atoms with Crippen molar-refractivity contribution in [3.05, 3.63) is 0 Å². The highest BCUT2D eigenvalue weighted by atomic mass is 28.4. The first-order valence-corrected chi connectivity index (χ1v) is 9.47. The van der Waals surface area contributed by atoms with Crippen LogP contribution in [0, 0.1) is 0 Å². The summed E-state index contributed by atoms with van der Waals surface area (Å²) in [7, 11) is -4.30. The summed E-state index contributed by atoms with van der Waals surface area (Å²) in [5.74, 6) is -56.5. The average molecular weight is 523 g/mol. The quantitative estimate of drug-likeness (QED) is 0.313. The molecule has 0 spiro atoms. The highest BCUT2D eigenvalue weighted by molar-refractivity contribution is 6.70. The van der Waals surface area contributed by atoms with E-state index < -0.39 is 68.7 Å². The molecule has 0 radical (unpaired) electrons. The monoisotopic (exact) mass is 523 g/mol. The first kappa shape index (κ1) is 29.9. The van der Waals surface area contributed by atoms with E-state index in [4.69, 9.17) is 16.2 Å². The van der Waals surface area contributed by atoms with Crippen LogP contribution in [0.25, 0.3) is 0 Å². The fraction of sp³-hybridized carbons (Fsp3) is 1.00. The Hall–Kier alpha value is -1.09. The Bertz CT molecular complexity index is 650. The molecule has 0 atom stereocenters. The molecule has 0 aliphatic rings. The molecule has 0 unspecified atom stereocenters. The van der Waals surface area contributed by atoms with Gasteiger partial charge in [0, 0.05) is 6.42 Å². The lowest BCUT2D eigenvalue weighted by Gasteiger charge is -2.43. The van der Waals surface area contributed by atoms with Crippen LogP contribution in [0.2, 0.25) is 6.04 Å². The topological polar surface area (TPSA) is 78.1 Å². The minimum Gasteiger partial charge on any atom is -0.327 e. The molecule has 0 bridgehead atoms. The zero-order chi connectivity index (χ0) is 25.9. The number of halogens is 17. The maximum atomic E-state index is 13.4. The van der Waals surface area contributed by atoms with Gasteiger partial charge in [-0.15, -0.1) is 0 Å². The Kier molecular flexibility index (Phi) is 7.20. The molecular formula is C10H10F17N3Si. The molecule has 0 heterocycles. The third kappa shape index (κ3) is 4.41. The van der Waals surface area contributed by atoms with E-state index in [0.29, 0.717) is 0 Å². The molecule has 0 aromatic rings. The minimum absolute atomic E-state index is 1.67. The highest BCUT2D eigenvalue weighted by Gasteiger charge is 2.95. The van der Waals surface area contributed by atoms with Crippen LogP contribution < -0.4 is 16.2 Å². The van der Waals surface area contributed by atoms with Crippen molar-refractivity contribution in [1.82, 2.24) is 0 Å². The van der Waals surface area contributed by atoms with Crippen molar-refractivity contribution in [3.63, 3.8) is 0 Å². The van der Waals surface area contributed by atoms with E-state index in [2.05, 4.69) is 0 Å². The Morgan fingerprint density at radius 2 is 0.677 bits per heavy atom. The van der Waals surface area contributed by atoms with Crippen LogP contribution in [0.5, 0.6) is 0 Å². The Balaban J connectivity index is 6.56. The second-order valence-corrected chi connectivity index (χ2v) is 8.99. The van der Waals surface area contributed by atoms with Gasteiger partial charge >= 0.3 is 47.6 Å². The predicted octanol–water partition coefficient (Wildman–Crippen LogP) is 4.20. The molecule has 0 saturated heterocycles. The SMILES string of the molecule is N[Si](N)(N)CCC(F)(F)C(F)(F)C(F)(F)C(F)(F)C(F)(F)C(F)(F)C(F)(F)C(F)(F)F.